The van der Waals surface area contributed by atoms with Crippen molar-refractivity contribution in [1.82, 2.24) is 20.1 Å². The molecule has 0 bridgehead atoms. The zero-order valence-corrected chi connectivity index (χ0v) is 20.3. The minimum atomic E-state index is -0.642. The van der Waals surface area contributed by atoms with E-state index in [0.717, 1.165) is 59.3 Å². The van der Waals surface area contributed by atoms with Crippen LogP contribution < -0.4 is 10.1 Å². The molecular weight excluding hydrogens is 475 g/mol. The maximum Gasteiger partial charge on any atom is 0.255 e. The highest BCUT2D eigenvalue weighted by atomic mass is 19.1. The molecule has 2 saturated heterocycles. The van der Waals surface area contributed by atoms with Crippen molar-refractivity contribution in [3.8, 4) is 5.75 Å². The van der Waals surface area contributed by atoms with E-state index in [4.69, 9.17) is 4.74 Å². The minimum absolute atomic E-state index is 0.134. The molecule has 2 aromatic carbocycles. The highest BCUT2D eigenvalue weighted by Crippen LogP contribution is 2.49. The summed E-state index contributed by atoms with van der Waals surface area (Å²) in [7, 11) is 0. The Morgan fingerprint density at radius 3 is 2.73 bits per heavy atom. The molecule has 7 rings (SSSR count). The lowest BCUT2D eigenvalue weighted by molar-refractivity contribution is -0.136. The lowest BCUT2D eigenvalue weighted by Gasteiger charge is -2.38. The number of carbonyl (C=O) groups is 3. The molecule has 0 radical (unpaired) electrons. The quantitative estimate of drug-likeness (QED) is 0.537. The van der Waals surface area contributed by atoms with Gasteiger partial charge in [0.15, 0.2) is 0 Å². The fourth-order valence-electron chi connectivity index (χ4n) is 6.59. The summed E-state index contributed by atoms with van der Waals surface area (Å²) in [4.78, 5) is 44.2. The van der Waals surface area contributed by atoms with E-state index < -0.39 is 11.9 Å². The third-order valence-electron chi connectivity index (χ3n) is 8.71. The van der Waals surface area contributed by atoms with E-state index in [2.05, 4.69) is 15.2 Å². The molecule has 5 heterocycles. The number of hydrogen-bond donors (Lipinski definition) is 2. The molecule has 4 aliphatic rings. The van der Waals surface area contributed by atoms with Crippen molar-refractivity contribution in [2.75, 3.05) is 19.7 Å². The Balaban J connectivity index is 1.10. The molecule has 190 valence electrons. The average molecular weight is 503 g/mol. The number of aromatic nitrogens is 1. The molecule has 0 saturated carbocycles. The van der Waals surface area contributed by atoms with Gasteiger partial charge in [-0.05, 0) is 56.6 Å². The van der Waals surface area contributed by atoms with Crippen LogP contribution in [0.4, 0.5) is 4.39 Å². The van der Waals surface area contributed by atoms with E-state index in [1.54, 1.807) is 11.0 Å². The monoisotopic (exact) mass is 502 g/mol. The number of piperidine rings is 2. The molecule has 1 atom stereocenters. The minimum Gasteiger partial charge on any atom is -0.492 e. The van der Waals surface area contributed by atoms with Crippen LogP contribution in [0.2, 0.25) is 0 Å². The number of halogens is 1. The topological polar surface area (TPSA) is 94.7 Å². The van der Waals surface area contributed by atoms with Gasteiger partial charge in [0.2, 0.25) is 11.8 Å². The number of nitrogens with zero attached hydrogens (tertiary/aromatic N) is 2. The molecular formula is C28H27FN4O4. The predicted molar refractivity (Wildman–Crippen MR) is 132 cm³/mol. The SMILES string of the molecule is O=C1CCC(N2Cc3c(ccc4c3OCC43CCN(Cc4c(F)ccc5[nH]ccc45)CC3)C2=O)C(=O)N1. The molecule has 3 amide bonds. The number of hydrogen-bond acceptors (Lipinski definition) is 5. The Bertz CT molecular complexity index is 1470. The number of H-pyrrole nitrogens is 1. The van der Waals surface area contributed by atoms with Crippen LogP contribution in [0.3, 0.4) is 0 Å². The average Bonchev–Trinajstić information content (AvgIpc) is 3.59. The summed E-state index contributed by atoms with van der Waals surface area (Å²) in [5.41, 5.74) is 4.08. The van der Waals surface area contributed by atoms with E-state index in [0.29, 0.717) is 31.7 Å². The number of nitrogens with one attached hydrogen (secondary N) is 2. The molecule has 0 aliphatic carbocycles. The fraction of sp³-hybridized carbons (Fsp3) is 0.393. The third kappa shape index (κ3) is 3.40. The molecule has 2 N–H and O–H groups in total. The summed E-state index contributed by atoms with van der Waals surface area (Å²) in [6, 6.07) is 8.48. The van der Waals surface area contributed by atoms with E-state index in [9.17, 15) is 18.8 Å². The second kappa shape index (κ2) is 8.14. The second-order valence-electron chi connectivity index (χ2n) is 10.7. The summed E-state index contributed by atoms with van der Waals surface area (Å²) in [6.45, 7) is 3.07. The lowest BCUT2D eigenvalue weighted by Crippen LogP contribution is -2.52. The van der Waals surface area contributed by atoms with Gasteiger partial charge < -0.3 is 14.6 Å². The normalized spacial score (nSPS) is 22.9. The van der Waals surface area contributed by atoms with Crippen LogP contribution in [0.25, 0.3) is 10.9 Å². The first-order chi connectivity index (χ1) is 17.9. The predicted octanol–water partition coefficient (Wildman–Crippen LogP) is 2.99. The molecule has 2 fully saturated rings. The maximum absolute atomic E-state index is 14.7. The number of amides is 3. The Labute approximate surface area is 212 Å². The van der Waals surface area contributed by atoms with Crippen molar-refractivity contribution in [3.63, 3.8) is 0 Å². The van der Waals surface area contributed by atoms with E-state index in [1.165, 1.54) is 6.07 Å². The highest BCUT2D eigenvalue weighted by Gasteiger charge is 2.47. The molecule has 1 spiro atoms. The van der Waals surface area contributed by atoms with Crippen LogP contribution in [0.15, 0.2) is 36.5 Å². The number of carbonyl (C=O) groups excluding carboxylic acids is 3. The van der Waals surface area contributed by atoms with Crippen molar-refractivity contribution in [2.45, 2.75) is 50.2 Å². The molecule has 9 heteroatoms. The molecule has 8 nitrogen and oxygen atoms in total. The van der Waals surface area contributed by atoms with Crippen LogP contribution in [0.1, 0.15) is 52.7 Å². The van der Waals surface area contributed by atoms with Crippen LogP contribution in [-0.4, -0.2) is 58.2 Å². The van der Waals surface area contributed by atoms with E-state index in [1.807, 2.05) is 24.4 Å². The molecule has 37 heavy (non-hydrogen) atoms. The second-order valence-corrected chi connectivity index (χ2v) is 10.7. The van der Waals surface area contributed by atoms with Crippen molar-refractivity contribution >= 4 is 28.6 Å². The lowest BCUT2D eigenvalue weighted by atomic mass is 9.74. The number of fused-ring (bicyclic) bond motifs is 5. The van der Waals surface area contributed by atoms with Crippen molar-refractivity contribution < 1.29 is 23.5 Å². The Hall–Kier alpha value is -3.72. The maximum atomic E-state index is 14.7. The van der Waals surface area contributed by atoms with Crippen LogP contribution >= 0.6 is 0 Å². The van der Waals surface area contributed by atoms with Crippen LogP contribution in [-0.2, 0) is 28.1 Å². The van der Waals surface area contributed by atoms with Crippen molar-refractivity contribution in [2.24, 2.45) is 0 Å². The van der Waals surface area contributed by atoms with Crippen molar-refractivity contribution in [3.05, 3.63) is 64.6 Å². The van der Waals surface area contributed by atoms with Gasteiger partial charge in [-0.2, -0.15) is 0 Å². The van der Waals surface area contributed by atoms with Gasteiger partial charge in [0.1, 0.15) is 17.6 Å². The summed E-state index contributed by atoms with van der Waals surface area (Å²) < 4.78 is 20.9. The van der Waals surface area contributed by atoms with Gasteiger partial charge in [0, 0.05) is 57.7 Å². The third-order valence-corrected chi connectivity index (χ3v) is 8.71. The molecule has 3 aromatic rings. The number of ether oxygens (including phenoxy) is 1. The summed E-state index contributed by atoms with van der Waals surface area (Å²) in [5.74, 6) is -0.298. The zero-order valence-electron chi connectivity index (χ0n) is 20.3. The zero-order chi connectivity index (χ0) is 25.3. The van der Waals surface area contributed by atoms with Crippen LogP contribution in [0, 0.1) is 5.82 Å². The number of rotatable bonds is 3. The van der Waals surface area contributed by atoms with Gasteiger partial charge in [0.25, 0.3) is 5.91 Å². The van der Waals surface area contributed by atoms with Crippen LogP contribution in [0.5, 0.6) is 5.75 Å². The Kier molecular flexibility index (Phi) is 4.95. The number of imide groups is 1. The highest BCUT2D eigenvalue weighted by molar-refractivity contribution is 6.05. The summed E-state index contributed by atoms with van der Waals surface area (Å²) in [6.07, 6.45) is 4.18. The standard InChI is InChI=1S/C28H27FN4O4/c29-21-3-4-22-16(7-10-30-22)18(21)13-32-11-8-28(9-12-32)15-37-25-19-14-33(23-5-6-24(34)31-26(23)35)27(36)17(19)1-2-20(25)28/h1-4,7,10,23,30H,5-6,8-9,11-15H2,(H,31,34,35). The molecule has 1 aromatic heterocycles. The smallest absolute Gasteiger partial charge is 0.255 e. The van der Waals surface area contributed by atoms with Gasteiger partial charge in [0.05, 0.1) is 13.2 Å². The summed E-state index contributed by atoms with van der Waals surface area (Å²) in [5, 5.41) is 3.28. The summed E-state index contributed by atoms with van der Waals surface area (Å²) >= 11 is 0. The largest absolute Gasteiger partial charge is 0.492 e. The molecule has 1 unspecified atom stereocenters. The van der Waals surface area contributed by atoms with Gasteiger partial charge in [-0.25, -0.2) is 4.39 Å². The Morgan fingerprint density at radius 2 is 1.92 bits per heavy atom. The van der Waals surface area contributed by atoms with Gasteiger partial charge in [-0.15, -0.1) is 0 Å². The van der Waals surface area contributed by atoms with E-state index >= 15 is 0 Å². The molecule has 4 aliphatic heterocycles. The Morgan fingerprint density at radius 1 is 1.08 bits per heavy atom. The number of aromatic amines is 1. The first-order valence-electron chi connectivity index (χ1n) is 12.8. The fourth-order valence-corrected chi connectivity index (χ4v) is 6.59. The first kappa shape index (κ1) is 22.5. The van der Waals surface area contributed by atoms with Gasteiger partial charge in [-0.3, -0.25) is 24.6 Å². The first-order valence-corrected chi connectivity index (χ1v) is 12.8. The number of benzene rings is 2. The number of likely N-dealkylation sites (tertiary alicyclic amines) is 1. The van der Waals surface area contributed by atoms with Gasteiger partial charge >= 0.3 is 0 Å². The van der Waals surface area contributed by atoms with E-state index in [-0.39, 0.29) is 29.5 Å². The van der Waals surface area contributed by atoms with Gasteiger partial charge in [-0.1, -0.05) is 6.07 Å². The van der Waals surface area contributed by atoms with Crippen molar-refractivity contribution in [1.29, 1.82) is 0 Å².